The molecule has 0 N–H and O–H groups in total. The Balaban J connectivity index is 1.43. The molecular weight excluding hydrogens is 585 g/mol. The maximum absolute atomic E-state index is 5.53. The molecule has 218 valence electrons. The van der Waals surface area contributed by atoms with Gasteiger partial charge in [0.05, 0.1) is 16.1 Å². The standard InChI is InChI=1S/C41H32N2S2/c1-4-5-7-18-29-25-34-37-32-21-12-14-23-35(32)43(39(37)30-19-10-11-20-31(30)41(34)44-29)27(3)42-38-33-22-13-15-24-36(33)45-40(38)26(2)28-16-8-6-9-17-28/h4-13,15-22,24-25H,2,14,23H2,1,3H3/b5-4-,18-7-,42-27+. The molecule has 0 aliphatic heterocycles. The van der Waals surface area contributed by atoms with E-state index in [0.29, 0.717) is 0 Å². The molecule has 4 aromatic carbocycles. The van der Waals surface area contributed by atoms with E-state index < -0.39 is 0 Å². The van der Waals surface area contributed by atoms with Crippen LogP contribution in [0.15, 0.2) is 121 Å². The molecule has 3 heterocycles. The maximum Gasteiger partial charge on any atom is 0.111 e. The summed E-state index contributed by atoms with van der Waals surface area (Å²) in [7, 11) is 0. The van der Waals surface area contributed by atoms with E-state index in [1.807, 2.05) is 11.3 Å². The number of benzene rings is 4. The van der Waals surface area contributed by atoms with Gasteiger partial charge in [0.2, 0.25) is 0 Å². The molecule has 0 atom stereocenters. The fourth-order valence-electron chi connectivity index (χ4n) is 6.73. The predicted octanol–water partition coefficient (Wildman–Crippen LogP) is 12.4. The molecule has 0 amide bonds. The van der Waals surface area contributed by atoms with Crippen LogP contribution in [0.5, 0.6) is 0 Å². The van der Waals surface area contributed by atoms with Crippen LogP contribution in [0.3, 0.4) is 0 Å². The van der Waals surface area contributed by atoms with Gasteiger partial charge >= 0.3 is 0 Å². The van der Waals surface area contributed by atoms with Crippen molar-refractivity contribution in [2.75, 3.05) is 0 Å². The van der Waals surface area contributed by atoms with Crippen molar-refractivity contribution in [3.05, 3.63) is 142 Å². The second-order valence-corrected chi connectivity index (χ2v) is 13.6. The Labute approximate surface area is 271 Å². The second-order valence-electron chi connectivity index (χ2n) is 11.5. The number of aliphatic imine (C=N–C) groups is 1. The van der Waals surface area contributed by atoms with Crippen LogP contribution in [0.4, 0.5) is 5.69 Å². The molecule has 45 heavy (non-hydrogen) atoms. The van der Waals surface area contributed by atoms with Crippen LogP contribution in [-0.4, -0.2) is 10.4 Å². The van der Waals surface area contributed by atoms with Crippen molar-refractivity contribution in [3.63, 3.8) is 0 Å². The highest BCUT2D eigenvalue weighted by Crippen LogP contribution is 2.46. The van der Waals surface area contributed by atoms with Crippen molar-refractivity contribution < 1.29 is 0 Å². The minimum atomic E-state index is 0.981. The summed E-state index contributed by atoms with van der Waals surface area (Å²) in [6, 6.07) is 30.3. The van der Waals surface area contributed by atoms with Crippen LogP contribution >= 0.6 is 22.7 Å². The van der Waals surface area contributed by atoms with Gasteiger partial charge in [-0.3, -0.25) is 0 Å². The lowest BCUT2D eigenvalue weighted by Gasteiger charge is -2.14. The largest absolute Gasteiger partial charge is 0.301 e. The third-order valence-corrected chi connectivity index (χ3v) is 11.1. The van der Waals surface area contributed by atoms with E-state index in [0.717, 1.165) is 40.4 Å². The van der Waals surface area contributed by atoms with Gasteiger partial charge in [-0.2, -0.15) is 0 Å². The molecule has 0 unspecified atom stereocenters. The van der Waals surface area contributed by atoms with Gasteiger partial charge in [-0.25, -0.2) is 4.99 Å². The number of thiophene rings is 2. The second kappa shape index (κ2) is 11.3. The summed E-state index contributed by atoms with van der Waals surface area (Å²) in [6.07, 6.45) is 15.2. The van der Waals surface area contributed by atoms with E-state index in [1.54, 1.807) is 11.3 Å². The fraction of sp³-hybridized carbons (Fsp3) is 0.0976. The Hall–Kier alpha value is -4.77. The normalized spacial score (nSPS) is 13.8. The molecular formula is C41H32N2S2. The summed E-state index contributed by atoms with van der Waals surface area (Å²) in [5, 5.41) is 6.38. The van der Waals surface area contributed by atoms with Gasteiger partial charge in [0.1, 0.15) is 5.84 Å². The summed E-state index contributed by atoms with van der Waals surface area (Å²) in [4.78, 5) is 7.91. The molecule has 0 bridgehead atoms. The topological polar surface area (TPSA) is 17.3 Å². The molecule has 1 aliphatic rings. The summed E-state index contributed by atoms with van der Waals surface area (Å²) < 4.78 is 5.03. The Morgan fingerprint density at radius 2 is 1.62 bits per heavy atom. The van der Waals surface area contributed by atoms with E-state index in [-0.39, 0.29) is 0 Å². The van der Waals surface area contributed by atoms with Gasteiger partial charge in [0.15, 0.2) is 0 Å². The summed E-state index contributed by atoms with van der Waals surface area (Å²) in [5.74, 6) is 0.982. The molecule has 7 aromatic rings. The SMILES string of the molecule is C=C(c1ccccc1)c1sc2ccccc2c1/N=C(\C)n1c2c(c3c4cc(/C=C\C=C/C)sc4c4ccccc4c31)C=CCC2. The first-order chi connectivity index (χ1) is 22.1. The zero-order chi connectivity index (χ0) is 30.5. The Bertz CT molecular complexity index is 2400. The first-order valence-corrected chi connectivity index (χ1v) is 17.1. The molecule has 8 rings (SSSR count). The molecule has 0 fully saturated rings. The minimum absolute atomic E-state index is 0.981. The van der Waals surface area contributed by atoms with Gasteiger partial charge in [0, 0.05) is 52.5 Å². The average molecular weight is 617 g/mol. The fourth-order valence-corrected chi connectivity index (χ4v) is 8.98. The van der Waals surface area contributed by atoms with E-state index in [4.69, 9.17) is 4.99 Å². The van der Waals surface area contributed by atoms with Crippen molar-refractivity contribution in [2.45, 2.75) is 26.7 Å². The summed E-state index contributed by atoms with van der Waals surface area (Å²) in [6.45, 7) is 8.79. The molecule has 0 saturated heterocycles. The van der Waals surface area contributed by atoms with Gasteiger partial charge in [-0.05, 0) is 56.0 Å². The zero-order valence-electron chi connectivity index (χ0n) is 25.4. The number of fused-ring (bicyclic) bond motifs is 9. The van der Waals surface area contributed by atoms with E-state index in [2.05, 4.69) is 146 Å². The molecule has 1 aliphatic carbocycles. The van der Waals surface area contributed by atoms with Crippen LogP contribution in [0, 0.1) is 0 Å². The predicted molar refractivity (Wildman–Crippen MR) is 201 cm³/mol. The zero-order valence-corrected chi connectivity index (χ0v) is 27.0. The number of nitrogens with zero attached hydrogens (tertiary/aromatic N) is 2. The van der Waals surface area contributed by atoms with Gasteiger partial charge in [-0.15, -0.1) is 22.7 Å². The number of hydrogen-bond donors (Lipinski definition) is 0. The van der Waals surface area contributed by atoms with Crippen molar-refractivity contribution in [3.8, 4) is 0 Å². The number of hydrogen-bond acceptors (Lipinski definition) is 3. The molecule has 0 saturated carbocycles. The highest BCUT2D eigenvalue weighted by molar-refractivity contribution is 7.21. The lowest BCUT2D eigenvalue weighted by molar-refractivity contribution is 0.908. The smallest absolute Gasteiger partial charge is 0.111 e. The average Bonchev–Trinajstić information content (AvgIpc) is 3.77. The minimum Gasteiger partial charge on any atom is -0.301 e. The third-order valence-electron chi connectivity index (χ3n) is 8.72. The lowest BCUT2D eigenvalue weighted by Crippen LogP contribution is -2.12. The number of aromatic nitrogens is 1. The number of rotatable bonds is 5. The van der Waals surface area contributed by atoms with Crippen molar-refractivity contribution in [2.24, 2.45) is 4.99 Å². The number of allylic oxidation sites excluding steroid dienone is 4. The van der Waals surface area contributed by atoms with Crippen LogP contribution in [0.1, 0.15) is 46.8 Å². The Morgan fingerprint density at radius 1 is 0.867 bits per heavy atom. The van der Waals surface area contributed by atoms with Gasteiger partial charge in [0.25, 0.3) is 0 Å². The van der Waals surface area contributed by atoms with Crippen LogP contribution in [0.25, 0.3) is 59.6 Å². The van der Waals surface area contributed by atoms with Crippen molar-refractivity contribution in [1.29, 1.82) is 0 Å². The Kier molecular flexibility index (Phi) is 6.97. The first-order valence-electron chi connectivity index (χ1n) is 15.4. The summed E-state index contributed by atoms with van der Waals surface area (Å²) in [5.41, 5.74) is 7.05. The Morgan fingerprint density at radius 3 is 2.44 bits per heavy atom. The van der Waals surface area contributed by atoms with Crippen molar-refractivity contribution >= 4 is 93.8 Å². The molecule has 0 radical (unpaired) electrons. The summed E-state index contributed by atoms with van der Waals surface area (Å²) >= 11 is 3.65. The van der Waals surface area contributed by atoms with Crippen LogP contribution in [-0.2, 0) is 6.42 Å². The molecule has 4 heteroatoms. The van der Waals surface area contributed by atoms with Crippen molar-refractivity contribution in [1.82, 2.24) is 4.57 Å². The highest BCUT2D eigenvalue weighted by atomic mass is 32.1. The van der Waals surface area contributed by atoms with E-state index in [1.165, 1.54) is 58.0 Å². The molecule has 0 spiro atoms. The monoisotopic (exact) mass is 616 g/mol. The maximum atomic E-state index is 5.53. The molecule has 2 nitrogen and oxygen atoms in total. The lowest BCUT2D eigenvalue weighted by atomic mass is 9.98. The third kappa shape index (κ3) is 4.56. The highest BCUT2D eigenvalue weighted by Gasteiger charge is 2.25. The van der Waals surface area contributed by atoms with Crippen LogP contribution in [0.2, 0.25) is 0 Å². The quantitative estimate of drug-likeness (QED) is 0.104. The molecule has 3 aromatic heterocycles. The van der Waals surface area contributed by atoms with Gasteiger partial charge < -0.3 is 4.57 Å². The first kappa shape index (κ1) is 27.8. The van der Waals surface area contributed by atoms with E-state index >= 15 is 0 Å². The van der Waals surface area contributed by atoms with E-state index in [9.17, 15) is 0 Å². The van der Waals surface area contributed by atoms with Crippen LogP contribution < -0.4 is 0 Å². The van der Waals surface area contributed by atoms with Gasteiger partial charge in [-0.1, -0.05) is 110 Å².